The number of benzene rings is 2. The molecule has 0 saturated carbocycles. The van der Waals surface area contributed by atoms with Gasteiger partial charge in [-0.15, -0.1) is 0 Å². The molecule has 0 unspecified atom stereocenters. The van der Waals surface area contributed by atoms with Crippen molar-refractivity contribution in [3.63, 3.8) is 0 Å². The summed E-state index contributed by atoms with van der Waals surface area (Å²) in [6, 6.07) is 8.50. The molecule has 156 valence electrons. The summed E-state index contributed by atoms with van der Waals surface area (Å²) in [6.07, 6.45) is 0.939. The summed E-state index contributed by atoms with van der Waals surface area (Å²) in [5.74, 6) is -1.79. The molecule has 0 aromatic heterocycles. The first-order valence-electron chi connectivity index (χ1n) is 8.88. The van der Waals surface area contributed by atoms with E-state index >= 15 is 0 Å². The molecule has 2 rings (SSSR count). The fraction of sp³-hybridized carbons (Fsp3) is 0.300. The summed E-state index contributed by atoms with van der Waals surface area (Å²) in [5, 5.41) is 2.64. The van der Waals surface area contributed by atoms with Gasteiger partial charge in [0, 0.05) is 5.69 Å². The number of amides is 1. The predicted octanol–water partition coefficient (Wildman–Crippen LogP) is 3.10. The van der Waals surface area contributed by atoms with Crippen LogP contribution in [0.15, 0.2) is 42.5 Å². The van der Waals surface area contributed by atoms with Crippen LogP contribution >= 0.6 is 0 Å². The van der Waals surface area contributed by atoms with E-state index in [0.29, 0.717) is 11.3 Å². The van der Waals surface area contributed by atoms with E-state index in [1.807, 2.05) is 0 Å². The lowest BCUT2D eigenvalue weighted by Crippen LogP contribution is -2.45. The van der Waals surface area contributed by atoms with Crippen molar-refractivity contribution in [2.45, 2.75) is 26.8 Å². The van der Waals surface area contributed by atoms with Gasteiger partial charge in [-0.05, 0) is 56.7 Å². The van der Waals surface area contributed by atoms with Crippen LogP contribution in [-0.2, 0) is 19.6 Å². The molecule has 0 fully saturated rings. The highest BCUT2D eigenvalue weighted by Gasteiger charge is 2.29. The van der Waals surface area contributed by atoms with Gasteiger partial charge in [0.15, 0.2) is 0 Å². The summed E-state index contributed by atoms with van der Waals surface area (Å²) < 4.78 is 44.0. The Kier molecular flexibility index (Phi) is 6.97. The maximum absolute atomic E-state index is 13.6. The van der Waals surface area contributed by atoms with Crippen LogP contribution in [0, 0.1) is 12.7 Å². The smallest absolute Gasteiger partial charge is 0.338 e. The molecule has 0 heterocycles. The average Bonchev–Trinajstić information content (AvgIpc) is 2.62. The molecule has 0 aliphatic rings. The number of hydrogen-bond acceptors (Lipinski definition) is 5. The zero-order valence-corrected chi connectivity index (χ0v) is 17.4. The molecule has 0 saturated heterocycles. The molecule has 7 nitrogen and oxygen atoms in total. The average molecular weight is 422 g/mol. The normalized spacial score (nSPS) is 12.2. The molecule has 2 aromatic carbocycles. The maximum Gasteiger partial charge on any atom is 0.338 e. The van der Waals surface area contributed by atoms with E-state index in [1.165, 1.54) is 31.2 Å². The number of carbonyl (C=O) groups excluding carboxylic acids is 2. The van der Waals surface area contributed by atoms with E-state index in [1.54, 1.807) is 26.0 Å². The Balaban J connectivity index is 2.33. The lowest BCUT2D eigenvalue weighted by atomic mass is 10.1. The highest BCUT2D eigenvalue weighted by atomic mass is 32.2. The largest absolute Gasteiger partial charge is 0.462 e. The van der Waals surface area contributed by atoms with Crippen LogP contribution in [0.2, 0.25) is 0 Å². The van der Waals surface area contributed by atoms with Crippen LogP contribution in [-0.4, -0.2) is 39.2 Å². The van der Waals surface area contributed by atoms with Gasteiger partial charge in [0.25, 0.3) is 0 Å². The molecule has 1 atom stereocenters. The Bertz CT molecular complexity index is 1020. The predicted molar refractivity (Wildman–Crippen MR) is 109 cm³/mol. The number of carbonyl (C=O) groups is 2. The highest BCUT2D eigenvalue weighted by Crippen LogP contribution is 2.23. The van der Waals surface area contributed by atoms with E-state index < -0.39 is 33.8 Å². The van der Waals surface area contributed by atoms with Crippen molar-refractivity contribution in [1.82, 2.24) is 0 Å². The Labute approximate surface area is 169 Å². The first kappa shape index (κ1) is 22.4. The molecular formula is C20H23FN2O5S. The summed E-state index contributed by atoms with van der Waals surface area (Å²) in [5.41, 5.74) is 1.31. The molecule has 0 bridgehead atoms. The zero-order valence-electron chi connectivity index (χ0n) is 16.6. The third-order valence-electron chi connectivity index (χ3n) is 4.16. The van der Waals surface area contributed by atoms with Gasteiger partial charge in [-0.25, -0.2) is 17.6 Å². The molecule has 9 heteroatoms. The van der Waals surface area contributed by atoms with Gasteiger partial charge in [0.2, 0.25) is 15.9 Å². The maximum atomic E-state index is 13.6. The zero-order chi connectivity index (χ0) is 21.8. The minimum Gasteiger partial charge on any atom is -0.462 e. The summed E-state index contributed by atoms with van der Waals surface area (Å²) in [7, 11) is -3.88. The summed E-state index contributed by atoms with van der Waals surface area (Å²) >= 11 is 0. The lowest BCUT2D eigenvalue weighted by molar-refractivity contribution is -0.116. The first-order valence-corrected chi connectivity index (χ1v) is 10.7. The number of ether oxygens (including phenoxy) is 1. The standard InChI is InChI=1S/C20H23FN2O5S/c1-5-28-20(25)15-10-9-13(2)18(11-15)22-19(24)14(3)23(29(4,26)27)17-8-6-7-16(21)12-17/h6-12,14H,5H2,1-4H3,(H,22,24)/t14-/m1/s1. The Morgan fingerprint density at radius 3 is 2.48 bits per heavy atom. The van der Waals surface area contributed by atoms with Crippen molar-refractivity contribution in [1.29, 1.82) is 0 Å². The van der Waals surface area contributed by atoms with E-state index in [2.05, 4.69) is 5.32 Å². The minimum absolute atomic E-state index is 0.0344. The molecule has 1 N–H and O–H groups in total. The molecule has 0 aliphatic heterocycles. The van der Waals surface area contributed by atoms with Crippen LogP contribution in [0.25, 0.3) is 0 Å². The summed E-state index contributed by atoms with van der Waals surface area (Å²) in [6.45, 7) is 5.02. The van der Waals surface area contributed by atoms with Crippen LogP contribution < -0.4 is 9.62 Å². The number of hydrogen-bond donors (Lipinski definition) is 1. The van der Waals surface area contributed by atoms with Gasteiger partial charge in [0.05, 0.1) is 24.1 Å². The molecule has 0 spiro atoms. The van der Waals surface area contributed by atoms with Gasteiger partial charge < -0.3 is 10.1 Å². The van der Waals surface area contributed by atoms with Crippen molar-refractivity contribution in [2.75, 3.05) is 22.5 Å². The van der Waals surface area contributed by atoms with Gasteiger partial charge in [-0.1, -0.05) is 12.1 Å². The molecule has 1 amide bonds. The number of nitrogens with zero attached hydrogens (tertiary/aromatic N) is 1. The second kappa shape index (κ2) is 9.04. The number of rotatable bonds is 7. The SMILES string of the molecule is CCOC(=O)c1ccc(C)c(NC(=O)[C@@H](C)N(c2cccc(F)c2)S(C)(=O)=O)c1. The fourth-order valence-corrected chi connectivity index (χ4v) is 3.92. The Hall–Kier alpha value is -2.94. The molecular weight excluding hydrogens is 399 g/mol. The second-order valence-electron chi connectivity index (χ2n) is 6.45. The van der Waals surface area contributed by atoms with Crippen LogP contribution in [0.3, 0.4) is 0 Å². The van der Waals surface area contributed by atoms with Crippen LogP contribution in [0.5, 0.6) is 0 Å². The topological polar surface area (TPSA) is 92.8 Å². The first-order chi connectivity index (χ1) is 13.5. The Morgan fingerprint density at radius 1 is 1.21 bits per heavy atom. The van der Waals surface area contributed by atoms with Crippen LogP contribution in [0.1, 0.15) is 29.8 Å². The van der Waals surface area contributed by atoms with Gasteiger partial charge in [-0.2, -0.15) is 0 Å². The molecule has 0 radical (unpaired) electrons. The number of nitrogens with one attached hydrogen (secondary N) is 1. The van der Waals surface area contributed by atoms with E-state index in [0.717, 1.165) is 16.6 Å². The number of halogens is 1. The third-order valence-corrected chi connectivity index (χ3v) is 5.40. The number of anilines is 2. The second-order valence-corrected chi connectivity index (χ2v) is 8.31. The summed E-state index contributed by atoms with van der Waals surface area (Å²) in [4.78, 5) is 24.7. The van der Waals surface area contributed by atoms with Crippen molar-refractivity contribution >= 4 is 33.3 Å². The monoisotopic (exact) mass is 422 g/mol. The van der Waals surface area contributed by atoms with Crippen molar-refractivity contribution in [3.05, 3.63) is 59.4 Å². The van der Waals surface area contributed by atoms with E-state index in [4.69, 9.17) is 4.74 Å². The minimum atomic E-state index is -3.88. The number of esters is 1. The lowest BCUT2D eigenvalue weighted by Gasteiger charge is -2.28. The number of sulfonamides is 1. The Morgan fingerprint density at radius 2 is 1.90 bits per heavy atom. The van der Waals surface area contributed by atoms with Gasteiger partial charge >= 0.3 is 5.97 Å². The quantitative estimate of drug-likeness (QED) is 0.692. The van der Waals surface area contributed by atoms with Crippen molar-refractivity contribution in [2.24, 2.45) is 0 Å². The van der Waals surface area contributed by atoms with Crippen molar-refractivity contribution in [3.8, 4) is 0 Å². The van der Waals surface area contributed by atoms with E-state index in [9.17, 15) is 22.4 Å². The van der Waals surface area contributed by atoms with Crippen molar-refractivity contribution < 1.29 is 27.1 Å². The van der Waals surface area contributed by atoms with Crippen LogP contribution in [0.4, 0.5) is 15.8 Å². The van der Waals surface area contributed by atoms with Gasteiger partial charge in [-0.3, -0.25) is 9.10 Å². The highest BCUT2D eigenvalue weighted by molar-refractivity contribution is 7.92. The van der Waals surface area contributed by atoms with E-state index in [-0.39, 0.29) is 17.9 Å². The number of aryl methyl sites for hydroxylation is 1. The third kappa shape index (κ3) is 5.54. The fourth-order valence-electron chi connectivity index (χ4n) is 2.76. The van der Waals surface area contributed by atoms with Gasteiger partial charge in [0.1, 0.15) is 11.9 Å². The molecule has 29 heavy (non-hydrogen) atoms. The molecule has 0 aliphatic carbocycles. The molecule has 2 aromatic rings.